The van der Waals surface area contributed by atoms with Crippen molar-refractivity contribution in [2.45, 2.75) is 97.3 Å². The quantitative estimate of drug-likeness (QED) is 0.466. The first-order chi connectivity index (χ1) is 15.4. The van der Waals surface area contributed by atoms with Gasteiger partial charge in [-0.3, -0.25) is 9.59 Å². The monoisotopic (exact) mass is 442 g/mol. The highest BCUT2D eigenvalue weighted by atomic mass is 16.2. The van der Waals surface area contributed by atoms with Crippen LogP contribution in [0.15, 0.2) is 12.2 Å². The number of allylic oxidation sites excluding steroid dienone is 1. The van der Waals surface area contributed by atoms with Crippen molar-refractivity contribution < 1.29 is 9.59 Å². The molecule has 4 fully saturated rings. The second kappa shape index (κ2) is 10.3. The smallest absolute Gasteiger partial charge is 0.228 e. The Labute approximate surface area is 196 Å². The van der Waals surface area contributed by atoms with Crippen molar-refractivity contribution in [1.29, 1.82) is 0 Å². The molecule has 3 aliphatic carbocycles. The van der Waals surface area contributed by atoms with Crippen LogP contribution in [0, 0.1) is 29.1 Å². The highest BCUT2D eigenvalue weighted by Gasteiger charge is 2.47. The molecule has 3 saturated carbocycles. The maximum Gasteiger partial charge on any atom is 0.228 e. The summed E-state index contributed by atoms with van der Waals surface area (Å²) in [5.74, 6) is 3.45. The number of carbonyl (C=O) groups is 2. The molecular weight excluding hydrogens is 396 g/mol. The topological polar surface area (TPSA) is 40.6 Å². The van der Waals surface area contributed by atoms with Gasteiger partial charge in [0.2, 0.25) is 11.8 Å². The van der Waals surface area contributed by atoms with E-state index >= 15 is 0 Å². The molecule has 0 N–H and O–H groups in total. The van der Waals surface area contributed by atoms with Crippen LogP contribution in [0.1, 0.15) is 97.3 Å². The highest BCUT2D eigenvalue weighted by Crippen LogP contribution is 2.47. The van der Waals surface area contributed by atoms with Crippen LogP contribution in [-0.4, -0.2) is 47.8 Å². The highest BCUT2D eigenvalue weighted by molar-refractivity contribution is 5.85. The normalized spacial score (nSPS) is 32.4. The molecule has 4 heteroatoms. The summed E-state index contributed by atoms with van der Waals surface area (Å²) >= 11 is 0. The predicted molar refractivity (Wildman–Crippen MR) is 130 cm³/mol. The summed E-state index contributed by atoms with van der Waals surface area (Å²) in [5.41, 5.74) is 1.37. The van der Waals surface area contributed by atoms with Gasteiger partial charge in [0, 0.05) is 37.5 Å². The molecule has 0 radical (unpaired) electrons. The number of carbonyl (C=O) groups excluding carboxylic acids is 2. The molecule has 0 aromatic rings. The SMILES string of the molecule is C=C(CCC)CC1CCCC(C2CCC(C(=O)N3CCN(C(=O)C4(C)CC4)CC3)CC2)C1. The summed E-state index contributed by atoms with van der Waals surface area (Å²) in [7, 11) is 0. The first kappa shape index (κ1) is 23.8. The number of rotatable bonds is 7. The third-order valence-electron chi connectivity index (χ3n) is 9.19. The van der Waals surface area contributed by atoms with E-state index in [1.54, 1.807) is 0 Å². The fourth-order valence-electron chi connectivity index (χ4n) is 6.82. The van der Waals surface area contributed by atoms with E-state index in [0.717, 1.165) is 69.6 Å². The lowest BCUT2D eigenvalue weighted by atomic mass is 9.67. The van der Waals surface area contributed by atoms with Crippen LogP contribution >= 0.6 is 0 Å². The Morgan fingerprint density at radius 3 is 2.19 bits per heavy atom. The van der Waals surface area contributed by atoms with Crippen LogP contribution in [0.2, 0.25) is 0 Å². The lowest BCUT2D eigenvalue weighted by Gasteiger charge is -2.41. The van der Waals surface area contributed by atoms with E-state index in [0.29, 0.717) is 11.8 Å². The van der Waals surface area contributed by atoms with Gasteiger partial charge in [-0.1, -0.05) is 51.7 Å². The number of hydrogen-bond acceptors (Lipinski definition) is 2. The summed E-state index contributed by atoms with van der Waals surface area (Å²) in [5, 5.41) is 0. The van der Waals surface area contributed by atoms with E-state index < -0.39 is 0 Å². The van der Waals surface area contributed by atoms with Crippen molar-refractivity contribution in [2.75, 3.05) is 26.2 Å². The lowest BCUT2D eigenvalue weighted by Crippen LogP contribution is -2.53. The molecule has 32 heavy (non-hydrogen) atoms. The van der Waals surface area contributed by atoms with Gasteiger partial charge in [0.1, 0.15) is 0 Å². The van der Waals surface area contributed by atoms with Crippen LogP contribution in [0.25, 0.3) is 0 Å². The molecule has 1 aliphatic heterocycles. The summed E-state index contributed by atoms with van der Waals surface area (Å²) in [4.78, 5) is 29.8. The van der Waals surface area contributed by atoms with Crippen LogP contribution in [0.5, 0.6) is 0 Å². The number of nitrogens with zero attached hydrogens (tertiary/aromatic N) is 2. The Kier molecular flexibility index (Phi) is 7.67. The molecule has 0 aromatic carbocycles. The maximum absolute atomic E-state index is 13.2. The molecule has 1 saturated heterocycles. The molecular formula is C28H46N2O2. The van der Waals surface area contributed by atoms with Gasteiger partial charge >= 0.3 is 0 Å². The molecule has 0 bridgehead atoms. The Morgan fingerprint density at radius 2 is 1.56 bits per heavy atom. The third-order valence-corrected chi connectivity index (χ3v) is 9.19. The van der Waals surface area contributed by atoms with Crippen LogP contribution in [-0.2, 0) is 9.59 Å². The van der Waals surface area contributed by atoms with Gasteiger partial charge in [-0.15, -0.1) is 0 Å². The van der Waals surface area contributed by atoms with Gasteiger partial charge in [-0.2, -0.15) is 0 Å². The first-order valence-corrected chi connectivity index (χ1v) is 13.6. The minimum Gasteiger partial charge on any atom is -0.339 e. The lowest BCUT2D eigenvalue weighted by molar-refractivity contribution is -0.145. The Balaban J connectivity index is 1.19. The Bertz CT molecular complexity index is 682. The Morgan fingerprint density at radius 1 is 0.906 bits per heavy atom. The van der Waals surface area contributed by atoms with Crippen molar-refractivity contribution in [3.63, 3.8) is 0 Å². The van der Waals surface area contributed by atoms with Gasteiger partial charge < -0.3 is 9.80 Å². The van der Waals surface area contributed by atoms with Gasteiger partial charge in [0.05, 0.1) is 0 Å². The average molecular weight is 443 g/mol. The molecule has 180 valence electrons. The second-order valence-corrected chi connectivity index (χ2v) is 11.8. The van der Waals surface area contributed by atoms with E-state index in [2.05, 4.69) is 25.3 Å². The Hall–Kier alpha value is -1.32. The van der Waals surface area contributed by atoms with Gasteiger partial charge in [0.25, 0.3) is 0 Å². The molecule has 1 heterocycles. The van der Waals surface area contributed by atoms with Gasteiger partial charge in [0.15, 0.2) is 0 Å². The van der Waals surface area contributed by atoms with Crippen LogP contribution in [0.3, 0.4) is 0 Å². The van der Waals surface area contributed by atoms with Crippen LogP contribution in [0.4, 0.5) is 0 Å². The molecule has 2 amide bonds. The van der Waals surface area contributed by atoms with Crippen molar-refractivity contribution in [2.24, 2.45) is 29.1 Å². The molecule has 2 unspecified atom stereocenters. The van der Waals surface area contributed by atoms with E-state index in [9.17, 15) is 9.59 Å². The summed E-state index contributed by atoms with van der Waals surface area (Å²) < 4.78 is 0. The number of hydrogen-bond donors (Lipinski definition) is 0. The van der Waals surface area contributed by atoms with Crippen molar-refractivity contribution in [1.82, 2.24) is 9.80 Å². The minimum absolute atomic E-state index is 0.0913. The predicted octanol–water partition coefficient (Wildman–Crippen LogP) is 5.82. The summed E-state index contributed by atoms with van der Waals surface area (Å²) in [6.45, 7) is 11.6. The van der Waals surface area contributed by atoms with Crippen molar-refractivity contribution in [3.8, 4) is 0 Å². The average Bonchev–Trinajstić information content (AvgIpc) is 3.57. The number of piperazine rings is 1. The van der Waals surface area contributed by atoms with E-state index in [1.165, 1.54) is 63.4 Å². The fraction of sp³-hybridized carbons (Fsp3) is 0.857. The van der Waals surface area contributed by atoms with E-state index in [4.69, 9.17) is 0 Å². The van der Waals surface area contributed by atoms with Crippen molar-refractivity contribution >= 4 is 11.8 Å². The van der Waals surface area contributed by atoms with E-state index in [-0.39, 0.29) is 11.3 Å². The largest absolute Gasteiger partial charge is 0.339 e. The minimum atomic E-state index is -0.0913. The number of amides is 2. The maximum atomic E-state index is 13.2. The third kappa shape index (κ3) is 5.59. The summed E-state index contributed by atoms with van der Waals surface area (Å²) in [6, 6.07) is 0. The molecule has 2 atom stereocenters. The zero-order valence-electron chi connectivity index (χ0n) is 20.7. The van der Waals surface area contributed by atoms with Crippen molar-refractivity contribution in [3.05, 3.63) is 12.2 Å². The molecule has 0 aromatic heterocycles. The standard InChI is InChI=1S/C28H46N2O2/c1-4-6-21(2)19-22-7-5-8-25(20-22)23-9-11-24(12-10-23)26(31)29-15-17-30(18-16-29)27(32)28(3)13-14-28/h22-25H,2,4-20H2,1,3H3. The zero-order chi connectivity index (χ0) is 22.7. The molecule has 4 aliphatic rings. The zero-order valence-corrected chi connectivity index (χ0v) is 20.7. The fourth-order valence-corrected chi connectivity index (χ4v) is 6.82. The van der Waals surface area contributed by atoms with Crippen LogP contribution < -0.4 is 0 Å². The van der Waals surface area contributed by atoms with Gasteiger partial charge in [-0.25, -0.2) is 0 Å². The van der Waals surface area contributed by atoms with E-state index in [1.807, 2.05) is 4.90 Å². The molecule has 4 rings (SSSR count). The second-order valence-electron chi connectivity index (χ2n) is 11.8. The molecule has 0 spiro atoms. The van der Waals surface area contributed by atoms with Gasteiger partial charge in [-0.05, 0) is 75.5 Å². The molecule has 4 nitrogen and oxygen atoms in total. The first-order valence-electron chi connectivity index (χ1n) is 13.6. The summed E-state index contributed by atoms with van der Waals surface area (Å²) in [6.07, 6.45) is 15.9.